The summed E-state index contributed by atoms with van der Waals surface area (Å²) in [7, 11) is 3.02. The predicted octanol–water partition coefficient (Wildman–Crippen LogP) is 2.88. The molecule has 0 radical (unpaired) electrons. The number of aromatic nitrogens is 2. The highest BCUT2D eigenvalue weighted by Gasteiger charge is 2.08. The zero-order valence-electron chi connectivity index (χ0n) is 12.4. The zero-order chi connectivity index (χ0) is 15.5. The molecule has 0 bridgehead atoms. The highest BCUT2D eigenvalue weighted by atomic mass is 16.5. The lowest BCUT2D eigenvalue weighted by Crippen LogP contribution is -2.03. The summed E-state index contributed by atoms with van der Waals surface area (Å²) in [6.07, 6.45) is 1.79. The Kier molecular flexibility index (Phi) is 3.78. The van der Waals surface area contributed by atoms with E-state index in [9.17, 15) is 4.79 Å². The van der Waals surface area contributed by atoms with Crippen LogP contribution in [0.25, 0.3) is 11.0 Å². The average molecular weight is 296 g/mol. The first-order chi connectivity index (χ1) is 10.7. The molecule has 0 saturated carbocycles. The van der Waals surface area contributed by atoms with E-state index in [1.54, 1.807) is 19.5 Å². The van der Waals surface area contributed by atoms with Crippen molar-refractivity contribution in [3.63, 3.8) is 0 Å². The van der Waals surface area contributed by atoms with Crippen LogP contribution in [0, 0.1) is 0 Å². The van der Waals surface area contributed by atoms with E-state index in [4.69, 9.17) is 9.47 Å². The molecule has 112 valence electrons. The van der Waals surface area contributed by atoms with Crippen LogP contribution in [-0.2, 0) is 11.3 Å². The van der Waals surface area contributed by atoms with Crippen molar-refractivity contribution < 1.29 is 14.3 Å². The molecule has 0 fully saturated rings. The van der Waals surface area contributed by atoms with E-state index in [1.165, 1.54) is 7.11 Å². The van der Waals surface area contributed by atoms with Crippen LogP contribution in [0.1, 0.15) is 15.9 Å². The lowest BCUT2D eigenvalue weighted by atomic mass is 10.1. The van der Waals surface area contributed by atoms with Crippen LogP contribution in [0.4, 0.5) is 0 Å². The lowest BCUT2D eigenvalue weighted by molar-refractivity contribution is 0.0600. The van der Waals surface area contributed by atoms with Gasteiger partial charge in [-0.1, -0.05) is 12.1 Å². The second kappa shape index (κ2) is 5.89. The first-order valence-corrected chi connectivity index (χ1v) is 6.87. The van der Waals surface area contributed by atoms with E-state index in [-0.39, 0.29) is 5.97 Å². The minimum Gasteiger partial charge on any atom is -0.497 e. The molecule has 0 unspecified atom stereocenters. The Morgan fingerprint density at radius 1 is 1.18 bits per heavy atom. The number of hydrogen-bond donors (Lipinski definition) is 0. The van der Waals surface area contributed by atoms with Gasteiger partial charge in [0.25, 0.3) is 0 Å². The quantitative estimate of drug-likeness (QED) is 0.695. The van der Waals surface area contributed by atoms with E-state index in [0.29, 0.717) is 12.1 Å². The lowest BCUT2D eigenvalue weighted by Gasteiger charge is -2.07. The molecule has 0 saturated heterocycles. The van der Waals surface area contributed by atoms with Gasteiger partial charge < -0.3 is 14.0 Å². The number of esters is 1. The third kappa shape index (κ3) is 2.65. The van der Waals surface area contributed by atoms with Crippen LogP contribution in [0.2, 0.25) is 0 Å². The molecule has 3 aromatic rings. The number of ether oxygens (including phenoxy) is 2. The first kappa shape index (κ1) is 14.1. The van der Waals surface area contributed by atoms with Crippen molar-refractivity contribution in [2.24, 2.45) is 0 Å². The topological polar surface area (TPSA) is 53.4 Å². The van der Waals surface area contributed by atoms with Crippen molar-refractivity contribution in [2.45, 2.75) is 6.54 Å². The van der Waals surface area contributed by atoms with E-state index in [2.05, 4.69) is 4.98 Å². The summed E-state index contributed by atoms with van der Waals surface area (Å²) < 4.78 is 12.0. The Balaban J connectivity index is 1.91. The van der Waals surface area contributed by atoms with Crippen LogP contribution < -0.4 is 4.74 Å². The largest absolute Gasteiger partial charge is 0.497 e. The maximum atomic E-state index is 11.6. The SMILES string of the molecule is COC(=O)c1cccc(Cn2cnc3cc(OC)ccc32)c1. The smallest absolute Gasteiger partial charge is 0.337 e. The van der Waals surface area contributed by atoms with Gasteiger partial charge in [-0.2, -0.15) is 0 Å². The third-order valence-corrected chi connectivity index (χ3v) is 3.53. The van der Waals surface area contributed by atoms with Gasteiger partial charge in [0.05, 0.1) is 37.1 Å². The number of benzene rings is 2. The van der Waals surface area contributed by atoms with Crippen molar-refractivity contribution >= 4 is 17.0 Å². The molecular formula is C17H16N2O3. The van der Waals surface area contributed by atoms with Gasteiger partial charge in [0.2, 0.25) is 0 Å². The number of fused-ring (bicyclic) bond motifs is 1. The van der Waals surface area contributed by atoms with Crippen molar-refractivity contribution in [3.8, 4) is 5.75 Å². The van der Waals surface area contributed by atoms with Gasteiger partial charge in [-0.25, -0.2) is 9.78 Å². The van der Waals surface area contributed by atoms with Crippen LogP contribution in [0.5, 0.6) is 5.75 Å². The summed E-state index contributed by atoms with van der Waals surface area (Å²) in [4.78, 5) is 16.0. The number of hydrogen-bond acceptors (Lipinski definition) is 4. The number of nitrogens with zero attached hydrogens (tertiary/aromatic N) is 2. The Morgan fingerprint density at radius 2 is 2.05 bits per heavy atom. The van der Waals surface area contributed by atoms with Gasteiger partial charge in [0.1, 0.15) is 5.75 Å². The summed E-state index contributed by atoms with van der Waals surface area (Å²) in [6, 6.07) is 13.2. The Morgan fingerprint density at radius 3 is 2.82 bits per heavy atom. The summed E-state index contributed by atoms with van der Waals surface area (Å²) in [5, 5.41) is 0. The van der Waals surface area contributed by atoms with Crippen molar-refractivity contribution in [3.05, 3.63) is 59.9 Å². The van der Waals surface area contributed by atoms with Gasteiger partial charge in [0.15, 0.2) is 0 Å². The number of carbonyl (C=O) groups is 1. The number of rotatable bonds is 4. The second-order valence-electron chi connectivity index (χ2n) is 4.92. The molecule has 0 aliphatic carbocycles. The molecule has 0 atom stereocenters. The van der Waals surface area contributed by atoms with Crippen molar-refractivity contribution in [2.75, 3.05) is 14.2 Å². The highest BCUT2D eigenvalue weighted by Crippen LogP contribution is 2.20. The Bertz CT molecular complexity index is 824. The zero-order valence-corrected chi connectivity index (χ0v) is 12.4. The maximum absolute atomic E-state index is 11.6. The molecular weight excluding hydrogens is 280 g/mol. The summed E-state index contributed by atoms with van der Waals surface area (Å²) >= 11 is 0. The van der Waals surface area contributed by atoms with Crippen LogP contribution in [0.15, 0.2) is 48.8 Å². The fraction of sp³-hybridized carbons (Fsp3) is 0.176. The monoisotopic (exact) mass is 296 g/mol. The molecule has 5 nitrogen and oxygen atoms in total. The van der Waals surface area contributed by atoms with E-state index >= 15 is 0 Å². The normalized spacial score (nSPS) is 10.6. The van der Waals surface area contributed by atoms with Gasteiger partial charge in [-0.05, 0) is 29.8 Å². The van der Waals surface area contributed by atoms with E-state index in [1.807, 2.05) is 41.0 Å². The minimum absolute atomic E-state index is 0.331. The Labute approximate surface area is 128 Å². The third-order valence-electron chi connectivity index (χ3n) is 3.53. The summed E-state index contributed by atoms with van der Waals surface area (Å²) in [5.41, 5.74) is 3.46. The van der Waals surface area contributed by atoms with Gasteiger partial charge in [-0.3, -0.25) is 0 Å². The molecule has 0 amide bonds. The molecule has 0 spiro atoms. The number of carbonyl (C=O) groups excluding carboxylic acids is 1. The van der Waals surface area contributed by atoms with E-state index in [0.717, 1.165) is 22.3 Å². The molecule has 1 heterocycles. The summed E-state index contributed by atoms with van der Waals surface area (Å²) in [6.45, 7) is 0.633. The minimum atomic E-state index is -0.331. The maximum Gasteiger partial charge on any atom is 0.337 e. The number of imidazole rings is 1. The molecule has 5 heteroatoms. The molecule has 22 heavy (non-hydrogen) atoms. The second-order valence-corrected chi connectivity index (χ2v) is 4.92. The molecule has 1 aromatic heterocycles. The van der Waals surface area contributed by atoms with Gasteiger partial charge in [0, 0.05) is 12.6 Å². The highest BCUT2D eigenvalue weighted by molar-refractivity contribution is 5.89. The van der Waals surface area contributed by atoms with Crippen LogP contribution >= 0.6 is 0 Å². The fourth-order valence-corrected chi connectivity index (χ4v) is 2.41. The Hall–Kier alpha value is -2.82. The van der Waals surface area contributed by atoms with Gasteiger partial charge in [-0.15, -0.1) is 0 Å². The van der Waals surface area contributed by atoms with Gasteiger partial charge >= 0.3 is 5.97 Å². The summed E-state index contributed by atoms with van der Waals surface area (Å²) in [5.74, 6) is 0.451. The van der Waals surface area contributed by atoms with Crippen molar-refractivity contribution in [1.29, 1.82) is 0 Å². The average Bonchev–Trinajstić information content (AvgIpc) is 2.96. The fourth-order valence-electron chi connectivity index (χ4n) is 2.41. The van der Waals surface area contributed by atoms with Crippen LogP contribution in [-0.4, -0.2) is 29.7 Å². The number of methoxy groups -OCH3 is 2. The van der Waals surface area contributed by atoms with E-state index < -0.39 is 0 Å². The first-order valence-electron chi connectivity index (χ1n) is 6.87. The van der Waals surface area contributed by atoms with Crippen molar-refractivity contribution in [1.82, 2.24) is 9.55 Å². The molecule has 2 aromatic carbocycles. The predicted molar refractivity (Wildman–Crippen MR) is 83.2 cm³/mol. The molecule has 3 rings (SSSR count). The molecule has 0 aliphatic heterocycles. The van der Waals surface area contributed by atoms with Crippen LogP contribution in [0.3, 0.4) is 0 Å². The standard InChI is InChI=1S/C17H16N2O3/c1-21-14-6-7-16-15(9-14)18-11-19(16)10-12-4-3-5-13(8-12)17(20)22-2/h3-9,11H,10H2,1-2H3. The molecule has 0 N–H and O–H groups in total. The molecule has 0 aliphatic rings.